The molecule has 1 aromatic heterocycles. The van der Waals surface area contributed by atoms with E-state index < -0.39 is 18.1 Å². The van der Waals surface area contributed by atoms with Gasteiger partial charge in [-0.05, 0) is 35.8 Å². The Morgan fingerprint density at radius 3 is 2.22 bits per heavy atom. The molecule has 1 heterocycles. The first-order valence-electron chi connectivity index (χ1n) is 17.2. The molecule has 10 heteroatoms. The Balaban J connectivity index is 1.85. The summed E-state index contributed by atoms with van der Waals surface area (Å²) in [6.07, 6.45) is 3.28. The summed E-state index contributed by atoms with van der Waals surface area (Å²) in [7, 11) is 1.81. The van der Waals surface area contributed by atoms with Gasteiger partial charge >= 0.3 is 5.97 Å². The lowest BCUT2D eigenvalue weighted by molar-refractivity contribution is -0.147. The summed E-state index contributed by atoms with van der Waals surface area (Å²) < 4.78 is 11.8. The van der Waals surface area contributed by atoms with Gasteiger partial charge in [-0.15, -0.1) is 11.3 Å². The Labute approximate surface area is 296 Å². The molecule has 3 aromatic rings. The molecule has 0 saturated carbocycles. The molecule has 0 spiro atoms. The molecule has 0 bridgehead atoms. The van der Waals surface area contributed by atoms with E-state index in [2.05, 4.69) is 25.7 Å². The number of nitrogens with one attached hydrogen (secondary N) is 1. The molecule has 0 saturated heterocycles. The summed E-state index contributed by atoms with van der Waals surface area (Å²) in [5.41, 5.74) is 8.70. The Kier molecular flexibility index (Phi) is 16.1. The van der Waals surface area contributed by atoms with Crippen LogP contribution in [0.2, 0.25) is 0 Å². The highest BCUT2D eigenvalue weighted by molar-refractivity contribution is 7.09. The second kappa shape index (κ2) is 20.0. The summed E-state index contributed by atoms with van der Waals surface area (Å²) in [5.74, 6) is -1.03. The summed E-state index contributed by atoms with van der Waals surface area (Å²) in [5, 5.41) is 5.52. The number of hydrogen-bond donors (Lipinski definition) is 2. The molecular formula is C39H54N4O5S. The van der Waals surface area contributed by atoms with Crippen molar-refractivity contribution in [2.45, 2.75) is 91.1 Å². The fourth-order valence-corrected chi connectivity index (χ4v) is 6.56. The van der Waals surface area contributed by atoms with Crippen molar-refractivity contribution in [1.29, 1.82) is 0 Å². The standard InChI is InChI=1S/C39H54N4O5S/c1-8-20-47-39(46)28(6)21-31(22-29-16-12-10-13-17-29)41-36(44)32-25-49-37(42-32)34(48-24-30-18-14-11-15-19-30)23-33(26(3)4)43(7)38(45)35(40)27(5)9-2/h8,10-19,25-28,31,33-35H,1,9,20-24,40H2,2-7H3,(H,41,44)/t27-,28-,31+,33+,34+,35-/m0/s1. The molecule has 0 aliphatic carbocycles. The van der Waals surface area contributed by atoms with Crippen LogP contribution in [0.5, 0.6) is 0 Å². The van der Waals surface area contributed by atoms with Crippen molar-refractivity contribution in [3.05, 3.63) is 101 Å². The third kappa shape index (κ3) is 12.2. The number of benzene rings is 2. The molecule has 6 atom stereocenters. The fourth-order valence-electron chi connectivity index (χ4n) is 5.70. The van der Waals surface area contributed by atoms with Crippen LogP contribution in [0.1, 0.15) is 86.6 Å². The van der Waals surface area contributed by atoms with Crippen LogP contribution >= 0.6 is 11.3 Å². The van der Waals surface area contributed by atoms with Crippen molar-refractivity contribution in [3.63, 3.8) is 0 Å². The summed E-state index contributed by atoms with van der Waals surface area (Å²) in [6, 6.07) is 18.6. The molecule has 0 radical (unpaired) electrons. The average Bonchev–Trinajstić information content (AvgIpc) is 3.60. The maximum atomic E-state index is 13.7. The lowest BCUT2D eigenvalue weighted by Gasteiger charge is -2.36. The number of nitrogens with two attached hydrogens (primary N) is 1. The second-order valence-corrected chi connectivity index (χ2v) is 14.1. The molecule has 0 fully saturated rings. The summed E-state index contributed by atoms with van der Waals surface area (Å²) >= 11 is 1.36. The van der Waals surface area contributed by atoms with Gasteiger partial charge in [0.1, 0.15) is 23.4 Å². The van der Waals surface area contributed by atoms with Crippen LogP contribution in [0.15, 0.2) is 78.7 Å². The van der Waals surface area contributed by atoms with Crippen LogP contribution < -0.4 is 11.1 Å². The van der Waals surface area contributed by atoms with E-state index in [-0.39, 0.29) is 54.0 Å². The molecule has 49 heavy (non-hydrogen) atoms. The molecule has 0 unspecified atom stereocenters. The van der Waals surface area contributed by atoms with Gasteiger partial charge in [-0.2, -0.15) is 0 Å². The molecule has 3 rings (SSSR count). The SMILES string of the molecule is C=CCOC(=O)[C@@H](C)C[C@H](Cc1ccccc1)NC(=O)c1csc([C@@H](C[C@H](C(C)C)N(C)C(=O)[C@@H](N)[C@@H](C)CC)OCc2ccccc2)n1. The minimum Gasteiger partial charge on any atom is -0.461 e. The van der Waals surface area contributed by atoms with Crippen LogP contribution in [0.3, 0.4) is 0 Å². The van der Waals surface area contributed by atoms with Crippen molar-refractivity contribution < 1.29 is 23.9 Å². The third-order valence-corrected chi connectivity index (χ3v) is 9.92. The van der Waals surface area contributed by atoms with Crippen LogP contribution in [0, 0.1) is 17.8 Å². The number of likely N-dealkylation sites (N-methyl/N-ethyl adjacent to an activating group) is 1. The number of nitrogens with zero attached hydrogens (tertiary/aromatic N) is 2. The van der Waals surface area contributed by atoms with Crippen molar-refractivity contribution in [2.75, 3.05) is 13.7 Å². The van der Waals surface area contributed by atoms with Crippen molar-refractivity contribution in [3.8, 4) is 0 Å². The minimum absolute atomic E-state index is 0.0550. The average molecular weight is 691 g/mol. The Morgan fingerprint density at radius 1 is 1.00 bits per heavy atom. The van der Waals surface area contributed by atoms with Gasteiger partial charge in [0, 0.05) is 30.9 Å². The van der Waals surface area contributed by atoms with Crippen molar-refractivity contribution >= 4 is 29.1 Å². The van der Waals surface area contributed by atoms with Gasteiger partial charge in [-0.25, -0.2) is 4.98 Å². The molecular weight excluding hydrogens is 637 g/mol. The fraction of sp³-hybridized carbons (Fsp3) is 0.487. The third-order valence-electron chi connectivity index (χ3n) is 8.98. The van der Waals surface area contributed by atoms with Gasteiger partial charge in [0.05, 0.1) is 18.6 Å². The number of amides is 2. The van der Waals surface area contributed by atoms with E-state index in [4.69, 9.17) is 20.2 Å². The molecule has 2 aromatic carbocycles. The maximum Gasteiger partial charge on any atom is 0.309 e. The van der Waals surface area contributed by atoms with Gasteiger partial charge < -0.3 is 25.4 Å². The first-order chi connectivity index (χ1) is 23.4. The summed E-state index contributed by atoms with van der Waals surface area (Å²) in [4.78, 5) is 46.2. The molecule has 0 aliphatic heterocycles. The second-order valence-electron chi connectivity index (χ2n) is 13.2. The molecule has 3 N–H and O–H groups in total. The molecule has 9 nitrogen and oxygen atoms in total. The normalized spacial score (nSPS) is 15.0. The maximum absolute atomic E-state index is 13.7. The number of thiazole rings is 1. The van der Waals surface area contributed by atoms with E-state index in [0.29, 0.717) is 30.9 Å². The zero-order valence-corrected chi connectivity index (χ0v) is 30.7. The molecule has 0 aliphatic rings. The zero-order valence-electron chi connectivity index (χ0n) is 29.8. The van der Waals surface area contributed by atoms with E-state index in [9.17, 15) is 14.4 Å². The topological polar surface area (TPSA) is 124 Å². The minimum atomic E-state index is -0.592. The number of carbonyl (C=O) groups is 3. The van der Waals surface area contributed by atoms with Crippen LogP contribution in [-0.4, -0.2) is 59.4 Å². The van der Waals surface area contributed by atoms with E-state index in [1.807, 2.05) is 81.6 Å². The van der Waals surface area contributed by atoms with Gasteiger partial charge in [0.15, 0.2) is 0 Å². The van der Waals surface area contributed by atoms with Crippen molar-refractivity contribution in [2.24, 2.45) is 23.5 Å². The predicted octanol–water partition coefficient (Wildman–Crippen LogP) is 6.74. The van der Waals surface area contributed by atoms with Gasteiger partial charge in [-0.1, -0.05) is 114 Å². The van der Waals surface area contributed by atoms with E-state index in [1.54, 1.807) is 17.2 Å². The first kappa shape index (κ1) is 39.6. The highest BCUT2D eigenvalue weighted by Crippen LogP contribution is 2.31. The quantitative estimate of drug-likeness (QED) is 0.0994. The van der Waals surface area contributed by atoms with E-state index >= 15 is 0 Å². The van der Waals surface area contributed by atoms with Crippen molar-refractivity contribution in [1.82, 2.24) is 15.2 Å². The molecule has 266 valence electrons. The van der Waals surface area contributed by atoms with Crippen LogP contribution in [-0.2, 0) is 32.1 Å². The van der Waals surface area contributed by atoms with Gasteiger partial charge in [0.2, 0.25) is 5.91 Å². The monoisotopic (exact) mass is 690 g/mol. The van der Waals surface area contributed by atoms with Crippen LogP contribution in [0.4, 0.5) is 0 Å². The number of carbonyl (C=O) groups excluding carboxylic acids is 3. The van der Waals surface area contributed by atoms with Crippen LogP contribution in [0.25, 0.3) is 0 Å². The first-order valence-corrected chi connectivity index (χ1v) is 18.1. The predicted molar refractivity (Wildman–Crippen MR) is 196 cm³/mol. The largest absolute Gasteiger partial charge is 0.461 e. The van der Waals surface area contributed by atoms with E-state index in [0.717, 1.165) is 17.5 Å². The lowest BCUT2D eigenvalue weighted by atomic mass is 9.93. The van der Waals surface area contributed by atoms with E-state index in [1.165, 1.54) is 17.4 Å². The number of aromatic nitrogens is 1. The smallest absolute Gasteiger partial charge is 0.309 e. The number of ether oxygens (including phenoxy) is 2. The summed E-state index contributed by atoms with van der Waals surface area (Å²) in [6.45, 7) is 14.1. The highest BCUT2D eigenvalue weighted by atomic mass is 32.1. The Bertz CT molecular complexity index is 1460. The highest BCUT2D eigenvalue weighted by Gasteiger charge is 2.33. The number of hydrogen-bond acceptors (Lipinski definition) is 8. The molecule has 2 amide bonds. The Morgan fingerprint density at radius 2 is 1.63 bits per heavy atom. The lowest BCUT2D eigenvalue weighted by Crippen LogP contribution is -2.51. The Hall–Kier alpha value is -3.86. The van der Waals surface area contributed by atoms with Gasteiger partial charge in [0.25, 0.3) is 5.91 Å². The van der Waals surface area contributed by atoms with Gasteiger partial charge in [-0.3, -0.25) is 14.4 Å². The zero-order chi connectivity index (χ0) is 35.9. The number of esters is 1. The number of rotatable bonds is 20.